The second kappa shape index (κ2) is 7.06. The molecular weight excluding hydrogens is 234 g/mol. The maximum Gasteiger partial charge on any atom is 0.0917 e. The van der Waals surface area contributed by atoms with Gasteiger partial charge in [-0.25, -0.2) is 0 Å². The zero-order valence-electron chi connectivity index (χ0n) is 13.3. The summed E-state index contributed by atoms with van der Waals surface area (Å²) >= 11 is 0. The van der Waals surface area contributed by atoms with Gasteiger partial charge in [0, 0.05) is 12.6 Å². The van der Waals surface area contributed by atoms with Crippen molar-refractivity contribution < 1.29 is 5.11 Å². The Balaban J connectivity index is 2.65. The Labute approximate surface area is 118 Å². The van der Waals surface area contributed by atoms with Crippen LogP contribution >= 0.6 is 0 Å². The molecule has 2 unspecified atom stereocenters. The van der Waals surface area contributed by atoms with Gasteiger partial charge in [-0.1, -0.05) is 43.2 Å². The van der Waals surface area contributed by atoms with Gasteiger partial charge in [0.25, 0.3) is 0 Å². The summed E-state index contributed by atoms with van der Waals surface area (Å²) in [7, 11) is 2.10. The quantitative estimate of drug-likeness (QED) is 0.846. The molecule has 0 saturated carbocycles. The molecular formula is C17H29NO. The Morgan fingerprint density at radius 2 is 1.58 bits per heavy atom. The molecule has 2 atom stereocenters. The van der Waals surface area contributed by atoms with E-state index in [4.69, 9.17) is 0 Å². The molecule has 1 aromatic carbocycles. The third-order valence-electron chi connectivity index (χ3n) is 3.65. The van der Waals surface area contributed by atoms with Crippen LogP contribution in [0.4, 0.5) is 0 Å². The molecule has 0 heterocycles. The Bertz CT molecular complexity index is 380. The number of benzene rings is 1. The number of aryl methyl sites for hydroxylation is 2. The summed E-state index contributed by atoms with van der Waals surface area (Å²) in [6.45, 7) is 11.6. The zero-order valence-corrected chi connectivity index (χ0v) is 13.3. The first-order valence-electron chi connectivity index (χ1n) is 7.26. The van der Waals surface area contributed by atoms with Gasteiger partial charge in [0.05, 0.1) is 6.10 Å². The summed E-state index contributed by atoms with van der Waals surface area (Å²) in [5, 5.41) is 10.4. The normalized spacial score (nSPS) is 15.0. The summed E-state index contributed by atoms with van der Waals surface area (Å²) in [4.78, 5) is 2.25. The van der Waals surface area contributed by atoms with Crippen molar-refractivity contribution in [2.24, 2.45) is 5.92 Å². The standard InChI is InChI=1S/C17H29NO/c1-12(2)7-15(5)18(6)11-17(19)16-9-13(3)8-14(4)10-16/h8-10,12,15,17,19H,7,11H2,1-6H3. The molecule has 0 fully saturated rings. The third kappa shape index (κ3) is 5.33. The topological polar surface area (TPSA) is 23.5 Å². The first-order valence-corrected chi connectivity index (χ1v) is 7.26. The highest BCUT2D eigenvalue weighted by Crippen LogP contribution is 2.19. The van der Waals surface area contributed by atoms with Gasteiger partial charge in [0.15, 0.2) is 0 Å². The number of aliphatic hydroxyl groups is 1. The van der Waals surface area contributed by atoms with Crippen LogP contribution in [-0.2, 0) is 0 Å². The van der Waals surface area contributed by atoms with E-state index in [2.05, 4.69) is 64.8 Å². The lowest BCUT2D eigenvalue weighted by molar-refractivity contribution is 0.102. The fourth-order valence-electron chi connectivity index (χ4n) is 2.62. The number of likely N-dealkylation sites (N-methyl/N-ethyl adjacent to an activating group) is 1. The molecule has 0 spiro atoms. The van der Waals surface area contributed by atoms with Crippen LogP contribution in [-0.4, -0.2) is 29.6 Å². The van der Waals surface area contributed by atoms with E-state index in [9.17, 15) is 5.11 Å². The summed E-state index contributed by atoms with van der Waals surface area (Å²) < 4.78 is 0. The maximum absolute atomic E-state index is 10.4. The number of hydrogen-bond acceptors (Lipinski definition) is 2. The monoisotopic (exact) mass is 263 g/mol. The number of rotatable bonds is 6. The molecule has 0 radical (unpaired) electrons. The molecule has 0 aliphatic rings. The van der Waals surface area contributed by atoms with Gasteiger partial charge in [-0.15, -0.1) is 0 Å². The highest BCUT2D eigenvalue weighted by Gasteiger charge is 2.16. The van der Waals surface area contributed by atoms with E-state index in [1.165, 1.54) is 11.1 Å². The Kier molecular flexibility index (Phi) is 6.02. The van der Waals surface area contributed by atoms with Crippen LogP contribution in [0.5, 0.6) is 0 Å². The lowest BCUT2D eigenvalue weighted by atomic mass is 10.0. The van der Waals surface area contributed by atoms with E-state index >= 15 is 0 Å². The van der Waals surface area contributed by atoms with Gasteiger partial charge in [-0.2, -0.15) is 0 Å². The van der Waals surface area contributed by atoms with E-state index in [-0.39, 0.29) is 0 Å². The van der Waals surface area contributed by atoms with Gasteiger partial charge in [0.1, 0.15) is 0 Å². The predicted molar refractivity (Wildman–Crippen MR) is 82.4 cm³/mol. The summed E-state index contributed by atoms with van der Waals surface area (Å²) in [5.74, 6) is 0.691. The Morgan fingerprint density at radius 3 is 2.05 bits per heavy atom. The van der Waals surface area contributed by atoms with Crippen molar-refractivity contribution in [1.29, 1.82) is 0 Å². The number of hydrogen-bond donors (Lipinski definition) is 1. The summed E-state index contributed by atoms with van der Waals surface area (Å²) in [5.41, 5.74) is 3.46. The summed E-state index contributed by atoms with van der Waals surface area (Å²) in [6.07, 6.45) is 0.758. The van der Waals surface area contributed by atoms with Crippen LogP contribution in [0.25, 0.3) is 0 Å². The maximum atomic E-state index is 10.4. The van der Waals surface area contributed by atoms with Crippen molar-refractivity contribution in [3.63, 3.8) is 0 Å². The van der Waals surface area contributed by atoms with Crippen molar-refractivity contribution in [2.45, 2.75) is 53.2 Å². The first kappa shape index (κ1) is 16.2. The van der Waals surface area contributed by atoms with Gasteiger partial charge in [-0.05, 0) is 45.7 Å². The second-order valence-corrected chi connectivity index (χ2v) is 6.35. The van der Waals surface area contributed by atoms with Crippen LogP contribution in [0.2, 0.25) is 0 Å². The molecule has 1 N–H and O–H groups in total. The summed E-state index contributed by atoms with van der Waals surface area (Å²) in [6, 6.07) is 6.80. The predicted octanol–water partition coefficient (Wildman–Crippen LogP) is 3.70. The first-order chi connectivity index (χ1) is 8.79. The smallest absolute Gasteiger partial charge is 0.0917 e. The van der Waals surface area contributed by atoms with Crippen LogP contribution < -0.4 is 0 Å². The molecule has 19 heavy (non-hydrogen) atoms. The lowest BCUT2D eigenvalue weighted by Crippen LogP contribution is -2.33. The average Bonchev–Trinajstić information content (AvgIpc) is 2.26. The minimum atomic E-state index is -0.404. The van der Waals surface area contributed by atoms with E-state index in [1.807, 2.05) is 0 Å². The van der Waals surface area contributed by atoms with Gasteiger partial charge in [0.2, 0.25) is 0 Å². The molecule has 108 valence electrons. The molecule has 0 aromatic heterocycles. The van der Waals surface area contributed by atoms with Crippen molar-refractivity contribution in [3.8, 4) is 0 Å². The molecule has 0 aliphatic carbocycles. The van der Waals surface area contributed by atoms with E-state index in [0.29, 0.717) is 18.5 Å². The van der Waals surface area contributed by atoms with Crippen LogP contribution in [0.1, 0.15) is 50.0 Å². The molecule has 0 saturated heterocycles. The van der Waals surface area contributed by atoms with E-state index in [0.717, 1.165) is 12.0 Å². The minimum Gasteiger partial charge on any atom is -0.387 e. The second-order valence-electron chi connectivity index (χ2n) is 6.35. The Morgan fingerprint density at radius 1 is 1.05 bits per heavy atom. The van der Waals surface area contributed by atoms with Gasteiger partial charge >= 0.3 is 0 Å². The minimum absolute atomic E-state index is 0.404. The van der Waals surface area contributed by atoms with Crippen molar-refractivity contribution in [1.82, 2.24) is 4.90 Å². The Hall–Kier alpha value is -0.860. The molecule has 0 aliphatic heterocycles. The fraction of sp³-hybridized carbons (Fsp3) is 0.647. The van der Waals surface area contributed by atoms with Crippen molar-refractivity contribution in [2.75, 3.05) is 13.6 Å². The SMILES string of the molecule is Cc1cc(C)cc(C(O)CN(C)C(C)CC(C)C)c1. The van der Waals surface area contributed by atoms with Crippen LogP contribution in [0.3, 0.4) is 0 Å². The fourth-order valence-corrected chi connectivity index (χ4v) is 2.62. The molecule has 1 rings (SSSR count). The number of aliphatic hydroxyl groups excluding tert-OH is 1. The van der Waals surface area contributed by atoms with Crippen LogP contribution in [0, 0.1) is 19.8 Å². The molecule has 0 amide bonds. The van der Waals surface area contributed by atoms with Crippen molar-refractivity contribution in [3.05, 3.63) is 34.9 Å². The molecule has 2 nitrogen and oxygen atoms in total. The van der Waals surface area contributed by atoms with Crippen molar-refractivity contribution >= 4 is 0 Å². The lowest BCUT2D eigenvalue weighted by Gasteiger charge is -2.28. The molecule has 1 aromatic rings. The van der Waals surface area contributed by atoms with Gasteiger partial charge < -0.3 is 10.0 Å². The largest absolute Gasteiger partial charge is 0.387 e. The van der Waals surface area contributed by atoms with E-state index < -0.39 is 6.10 Å². The highest BCUT2D eigenvalue weighted by molar-refractivity contribution is 5.30. The average molecular weight is 263 g/mol. The third-order valence-corrected chi connectivity index (χ3v) is 3.65. The number of nitrogens with zero attached hydrogens (tertiary/aromatic N) is 1. The molecule has 2 heteroatoms. The highest BCUT2D eigenvalue weighted by atomic mass is 16.3. The molecule has 0 bridgehead atoms. The zero-order chi connectivity index (χ0) is 14.6. The van der Waals surface area contributed by atoms with Crippen LogP contribution in [0.15, 0.2) is 18.2 Å². The van der Waals surface area contributed by atoms with E-state index in [1.54, 1.807) is 0 Å². The van der Waals surface area contributed by atoms with Gasteiger partial charge in [-0.3, -0.25) is 0 Å².